The van der Waals surface area contributed by atoms with E-state index in [0.717, 1.165) is 0 Å². The highest BCUT2D eigenvalue weighted by Gasteiger charge is 2.12. The number of carbonyl (C=O) groups excluding carboxylic acids is 2. The van der Waals surface area contributed by atoms with E-state index in [1.54, 1.807) is 48.5 Å². The Balaban J connectivity index is 1.90. The summed E-state index contributed by atoms with van der Waals surface area (Å²) in [5.41, 5.74) is 1.43. The molecule has 0 spiro atoms. The number of benzene rings is 2. The smallest absolute Gasteiger partial charge is 0.337 e. The number of hydrogen-bond acceptors (Lipinski definition) is 4. The van der Waals surface area contributed by atoms with Crippen LogP contribution in [0.4, 0.5) is 5.69 Å². The summed E-state index contributed by atoms with van der Waals surface area (Å²) in [6.45, 7) is 0. The molecule has 120 valence electrons. The first-order chi connectivity index (χ1) is 11.6. The van der Waals surface area contributed by atoms with E-state index < -0.39 is 11.9 Å². The fourth-order valence-electron chi connectivity index (χ4n) is 2.40. The Morgan fingerprint density at radius 3 is 2.46 bits per heavy atom. The third-order valence-corrected chi connectivity index (χ3v) is 3.56. The number of aromatic nitrogens is 1. The summed E-state index contributed by atoms with van der Waals surface area (Å²) < 4.78 is 4.62. The van der Waals surface area contributed by atoms with Crippen molar-refractivity contribution in [1.82, 2.24) is 4.98 Å². The summed E-state index contributed by atoms with van der Waals surface area (Å²) in [6, 6.07) is 14.6. The predicted octanol–water partition coefficient (Wildman–Crippen LogP) is 2.57. The molecule has 3 aromatic rings. The summed E-state index contributed by atoms with van der Waals surface area (Å²) in [7, 11) is 1.30. The Labute approximate surface area is 137 Å². The molecule has 0 aliphatic carbocycles. The lowest BCUT2D eigenvalue weighted by atomic mass is 10.1. The Morgan fingerprint density at radius 2 is 1.75 bits per heavy atom. The molecule has 3 rings (SSSR count). The molecular weight excluding hydrogens is 308 g/mol. The van der Waals surface area contributed by atoms with Crippen LogP contribution < -0.4 is 10.9 Å². The lowest BCUT2D eigenvalue weighted by Gasteiger charge is -2.08. The molecule has 0 bridgehead atoms. The van der Waals surface area contributed by atoms with Crippen molar-refractivity contribution in [2.75, 3.05) is 12.4 Å². The van der Waals surface area contributed by atoms with Gasteiger partial charge in [0.15, 0.2) is 0 Å². The van der Waals surface area contributed by atoms with E-state index >= 15 is 0 Å². The largest absolute Gasteiger partial charge is 0.465 e. The Bertz CT molecular complexity index is 974. The molecule has 0 aliphatic heterocycles. The average Bonchev–Trinajstić information content (AvgIpc) is 2.60. The minimum absolute atomic E-state index is 0.284. The monoisotopic (exact) mass is 322 g/mol. The number of esters is 1. The van der Waals surface area contributed by atoms with E-state index in [0.29, 0.717) is 22.2 Å². The van der Waals surface area contributed by atoms with Crippen LogP contribution in [0.1, 0.15) is 20.7 Å². The number of nitrogens with one attached hydrogen (secondary N) is 2. The Kier molecular flexibility index (Phi) is 4.11. The van der Waals surface area contributed by atoms with Crippen LogP contribution in [0, 0.1) is 0 Å². The number of aromatic amines is 1. The lowest BCUT2D eigenvalue weighted by molar-refractivity contribution is 0.0600. The molecule has 24 heavy (non-hydrogen) atoms. The molecule has 1 heterocycles. The normalized spacial score (nSPS) is 10.4. The number of pyridine rings is 1. The zero-order valence-electron chi connectivity index (χ0n) is 12.8. The van der Waals surface area contributed by atoms with Crippen LogP contribution in [0.15, 0.2) is 59.4 Å². The van der Waals surface area contributed by atoms with E-state index in [1.807, 2.05) is 0 Å². The molecule has 2 N–H and O–H groups in total. The van der Waals surface area contributed by atoms with Crippen molar-refractivity contribution in [2.24, 2.45) is 0 Å². The molecule has 2 aromatic carbocycles. The van der Waals surface area contributed by atoms with Crippen molar-refractivity contribution < 1.29 is 14.3 Å². The SMILES string of the molecule is COC(=O)c1ccc(NC(=O)c2cc(=O)[nH]c3ccccc23)cc1. The number of rotatable bonds is 3. The minimum atomic E-state index is -0.450. The third kappa shape index (κ3) is 3.03. The van der Waals surface area contributed by atoms with E-state index in [1.165, 1.54) is 13.2 Å². The topological polar surface area (TPSA) is 88.3 Å². The third-order valence-electron chi connectivity index (χ3n) is 3.56. The van der Waals surface area contributed by atoms with E-state index in [2.05, 4.69) is 15.0 Å². The average molecular weight is 322 g/mol. The lowest BCUT2D eigenvalue weighted by Crippen LogP contribution is -2.17. The highest BCUT2D eigenvalue weighted by Crippen LogP contribution is 2.17. The van der Waals surface area contributed by atoms with Gasteiger partial charge in [0.1, 0.15) is 0 Å². The quantitative estimate of drug-likeness (QED) is 0.725. The van der Waals surface area contributed by atoms with Crippen molar-refractivity contribution in [3.63, 3.8) is 0 Å². The number of ether oxygens (including phenoxy) is 1. The summed E-state index contributed by atoms with van der Waals surface area (Å²) in [6.07, 6.45) is 0. The fourth-order valence-corrected chi connectivity index (χ4v) is 2.40. The van der Waals surface area contributed by atoms with E-state index in [-0.39, 0.29) is 11.1 Å². The molecule has 0 radical (unpaired) electrons. The number of H-pyrrole nitrogens is 1. The van der Waals surface area contributed by atoms with Crippen LogP contribution in [0.3, 0.4) is 0 Å². The van der Waals surface area contributed by atoms with Crippen molar-refractivity contribution >= 4 is 28.5 Å². The zero-order valence-corrected chi connectivity index (χ0v) is 12.8. The second-order valence-corrected chi connectivity index (χ2v) is 5.12. The summed E-state index contributed by atoms with van der Waals surface area (Å²) in [4.78, 5) is 38.3. The zero-order chi connectivity index (χ0) is 17.1. The Hall–Kier alpha value is -3.41. The number of methoxy groups -OCH3 is 1. The molecule has 1 amide bonds. The standard InChI is InChI=1S/C18H14N2O4/c1-24-18(23)11-6-8-12(9-7-11)19-17(22)14-10-16(21)20-15-5-3-2-4-13(14)15/h2-10H,1H3,(H,19,22)(H,20,21). The maximum Gasteiger partial charge on any atom is 0.337 e. The number of fused-ring (bicyclic) bond motifs is 1. The van der Waals surface area contributed by atoms with E-state index in [4.69, 9.17) is 0 Å². The van der Waals surface area contributed by atoms with Crippen LogP contribution in [0.25, 0.3) is 10.9 Å². The second-order valence-electron chi connectivity index (χ2n) is 5.12. The van der Waals surface area contributed by atoms with Gasteiger partial charge in [-0.25, -0.2) is 4.79 Å². The molecule has 0 fully saturated rings. The number of carbonyl (C=O) groups is 2. The van der Waals surface area contributed by atoms with Gasteiger partial charge < -0.3 is 15.0 Å². The van der Waals surface area contributed by atoms with Gasteiger partial charge in [0.25, 0.3) is 5.91 Å². The summed E-state index contributed by atoms with van der Waals surface area (Å²) >= 11 is 0. The Morgan fingerprint density at radius 1 is 1.04 bits per heavy atom. The van der Waals surface area contributed by atoms with Crippen LogP contribution in [-0.2, 0) is 4.74 Å². The second kappa shape index (κ2) is 6.37. The molecule has 1 aromatic heterocycles. The van der Waals surface area contributed by atoms with Gasteiger partial charge >= 0.3 is 5.97 Å². The van der Waals surface area contributed by atoms with Gasteiger partial charge in [0, 0.05) is 22.7 Å². The van der Waals surface area contributed by atoms with Crippen LogP contribution >= 0.6 is 0 Å². The molecule has 0 atom stereocenters. The molecule has 6 heteroatoms. The number of anilines is 1. The van der Waals surface area contributed by atoms with Crippen molar-refractivity contribution in [1.29, 1.82) is 0 Å². The summed E-state index contributed by atoms with van der Waals surface area (Å²) in [5.74, 6) is -0.850. The first-order valence-corrected chi connectivity index (χ1v) is 7.20. The van der Waals surface area contributed by atoms with E-state index in [9.17, 15) is 14.4 Å². The molecule has 0 saturated carbocycles. The van der Waals surface area contributed by atoms with Crippen molar-refractivity contribution in [3.8, 4) is 0 Å². The van der Waals surface area contributed by atoms with Crippen LogP contribution in [-0.4, -0.2) is 24.0 Å². The maximum atomic E-state index is 12.5. The maximum absolute atomic E-state index is 12.5. The first-order valence-electron chi connectivity index (χ1n) is 7.20. The van der Waals surface area contributed by atoms with Gasteiger partial charge in [-0.3, -0.25) is 9.59 Å². The molecule has 0 saturated heterocycles. The van der Waals surface area contributed by atoms with Crippen molar-refractivity contribution in [3.05, 3.63) is 76.1 Å². The molecule has 6 nitrogen and oxygen atoms in total. The predicted molar refractivity (Wildman–Crippen MR) is 90.3 cm³/mol. The van der Waals surface area contributed by atoms with Crippen LogP contribution in [0.2, 0.25) is 0 Å². The number of amides is 1. The molecule has 0 unspecified atom stereocenters. The first kappa shape index (κ1) is 15.5. The highest BCUT2D eigenvalue weighted by molar-refractivity contribution is 6.12. The van der Waals surface area contributed by atoms with Crippen LogP contribution in [0.5, 0.6) is 0 Å². The summed E-state index contributed by atoms with van der Waals surface area (Å²) in [5, 5.41) is 3.37. The minimum Gasteiger partial charge on any atom is -0.465 e. The van der Waals surface area contributed by atoms with Gasteiger partial charge in [0.05, 0.1) is 18.2 Å². The molecular formula is C18H14N2O4. The molecule has 0 aliphatic rings. The van der Waals surface area contributed by atoms with Gasteiger partial charge in [-0.2, -0.15) is 0 Å². The van der Waals surface area contributed by atoms with Gasteiger partial charge in [-0.1, -0.05) is 18.2 Å². The van der Waals surface area contributed by atoms with Gasteiger partial charge in [0.2, 0.25) is 5.56 Å². The highest BCUT2D eigenvalue weighted by atomic mass is 16.5. The van der Waals surface area contributed by atoms with Crippen molar-refractivity contribution in [2.45, 2.75) is 0 Å². The number of para-hydroxylation sites is 1. The number of hydrogen-bond donors (Lipinski definition) is 2. The van der Waals surface area contributed by atoms with Gasteiger partial charge in [-0.05, 0) is 30.3 Å². The fraction of sp³-hybridized carbons (Fsp3) is 0.0556. The van der Waals surface area contributed by atoms with Gasteiger partial charge in [-0.15, -0.1) is 0 Å².